The molecule has 5 rings (SSSR count). The molecular formula is C26H23F2N5O3. The van der Waals surface area contributed by atoms with Gasteiger partial charge in [0.25, 0.3) is 0 Å². The van der Waals surface area contributed by atoms with Gasteiger partial charge in [0.1, 0.15) is 23.0 Å². The van der Waals surface area contributed by atoms with Crippen molar-refractivity contribution in [3.63, 3.8) is 0 Å². The number of rotatable bonds is 5. The summed E-state index contributed by atoms with van der Waals surface area (Å²) in [5.74, 6) is -0.695. The van der Waals surface area contributed by atoms with Crippen LogP contribution in [0.5, 0.6) is 0 Å². The number of hydrogen-bond donors (Lipinski definition) is 0. The molecule has 0 spiro atoms. The standard InChI is InChI=1S/C26H23F2N5O3/c1-30-25-21(3-2-12-29-25)23(24(26(30)34)33(35)36)32-15-13-31(14-16-32)22(17-4-8-19(27)9-5-17)18-6-10-20(28)11-7-18/h2-12,22H,13-16H2,1H3. The predicted octanol–water partition coefficient (Wildman–Crippen LogP) is 4.03. The quantitative estimate of drug-likeness (QED) is 0.310. The number of hydrogen-bond acceptors (Lipinski definition) is 6. The van der Waals surface area contributed by atoms with Gasteiger partial charge in [0, 0.05) is 44.8 Å². The summed E-state index contributed by atoms with van der Waals surface area (Å²) in [6.07, 6.45) is 1.55. The first-order valence-electron chi connectivity index (χ1n) is 11.5. The number of fused-ring (bicyclic) bond motifs is 1. The number of aromatic nitrogens is 2. The van der Waals surface area contributed by atoms with E-state index >= 15 is 0 Å². The molecule has 0 bridgehead atoms. The van der Waals surface area contributed by atoms with E-state index in [0.29, 0.717) is 37.2 Å². The van der Waals surface area contributed by atoms with Crippen molar-refractivity contribution in [2.24, 2.45) is 7.05 Å². The van der Waals surface area contributed by atoms with E-state index in [0.717, 1.165) is 11.1 Å². The number of nitro groups is 1. The lowest BCUT2D eigenvalue weighted by molar-refractivity contribution is -0.385. The Morgan fingerprint density at radius 2 is 1.47 bits per heavy atom. The average Bonchev–Trinajstić information content (AvgIpc) is 2.89. The summed E-state index contributed by atoms with van der Waals surface area (Å²) < 4.78 is 28.4. The lowest BCUT2D eigenvalue weighted by Gasteiger charge is -2.40. The van der Waals surface area contributed by atoms with E-state index in [9.17, 15) is 23.7 Å². The number of anilines is 1. The van der Waals surface area contributed by atoms with Gasteiger partial charge in [0.05, 0.1) is 11.0 Å². The number of aryl methyl sites for hydroxylation is 1. The van der Waals surface area contributed by atoms with E-state index in [2.05, 4.69) is 9.88 Å². The fourth-order valence-corrected chi connectivity index (χ4v) is 4.93. The highest BCUT2D eigenvalue weighted by Gasteiger charge is 2.33. The Labute approximate surface area is 205 Å². The highest BCUT2D eigenvalue weighted by molar-refractivity contribution is 5.94. The summed E-state index contributed by atoms with van der Waals surface area (Å²) in [6.45, 7) is 1.84. The minimum atomic E-state index is -0.709. The molecule has 0 unspecified atom stereocenters. The van der Waals surface area contributed by atoms with Gasteiger partial charge in [-0.15, -0.1) is 0 Å². The normalized spacial score (nSPS) is 14.5. The molecule has 0 saturated carbocycles. The van der Waals surface area contributed by atoms with Crippen molar-refractivity contribution in [3.8, 4) is 0 Å². The first-order valence-corrected chi connectivity index (χ1v) is 11.5. The largest absolute Gasteiger partial charge is 0.363 e. The maximum Gasteiger partial charge on any atom is 0.357 e. The van der Waals surface area contributed by atoms with Gasteiger partial charge in [-0.2, -0.15) is 0 Å². The molecule has 184 valence electrons. The number of benzene rings is 2. The summed E-state index contributed by atoms with van der Waals surface area (Å²) in [4.78, 5) is 32.5. The third-order valence-corrected chi connectivity index (χ3v) is 6.64. The Morgan fingerprint density at radius 1 is 0.917 bits per heavy atom. The Bertz CT molecular complexity index is 1440. The van der Waals surface area contributed by atoms with Crippen LogP contribution in [0.1, 0.15) is 17.2 Å². The van der Waals surface area contributed by atoms with E-state index in [1.54, 1.807) is 42.6 Å². The van der Waals surface area contributed by atoms with Crippen LogP contribution in [0.4, 0.5) is 20.2 Å². The smallest absolute Gasteiger partial charge is 0.357 e. The highest BCUT2D eigenvalue weighted by Crippen LogP contribution is 2.35. The molecule has 0 aliphatic carbocycles. The maximum absolute atomic E-state index is 13.6. The van der Waals surface area contributed by atoms with Crippen molar-refractivity contribution < 1.29 is 13.7 Å². The van der Waals surface area contributed by atoms with Gasteiger partial charge in [0.15, 0.2) is 0 Å². The van der Waals surface area contributed by atoms with Crippen LogP contribution < -0.4 is 10.5 Å². The second-order valence-electron chi connectivity index (χ2n) is 8.72. The molecule has 0 N–H and O–H groups in total. The number of piperazine rings is 1. The summed E-state index contributed by atoms with van der Waals surface area (Å²) in [5.41, 5.74) is 1.17. The molecule has 1 saturated heterocycles. The SMILES string of the molecule is Cn1c(=O)c([N+](=O)[O-])c(N2CCN(C(c3ccc(F)cc3)c3ccc(F)cc3)CC2)c2cccnc21. The molecule has 2 aromatic heterocycles. The number of halogens is 2. The van der Waals surface area contributed by atoms with Crippen molar-refractivity contribution in [2.45, 2.75) is 6.04 Å². The summed E-state index contributed by atoms with van der Waals surface area (Å²) in [5, 5.41) is 12.5. The zero-order chi connectivity index (χ0) is 25.4. The van der Waals surface area contributed by atoms with Gasteiger partial charge < -0.3 is 4.90 Å². The molecule has 3 heterocycles. The molecule has 2 aromatic carbocycles. The van der Waals surface area contributed by atoms with Gasteiger partial charge in [-0.25, -0.2) is 13.8 Å². The second kappa shape index (κ2) is 9.46. The van der Waals surface area contributed by atoms with Gasteiger partial charge in [-0.05, 0) is 47.5 Å². The Morgan fingerprint density at radius 3 is 2.00 bits per heavy atom. The van der Waals surface area contributed by atoms with Crippen LogP contribution in [-0.2, 0) is 7.05 Å². The molecular weight excluding hydrogens is 468 g/mol. The van der Waals surface area contributed by atoms with E-state index in [-0.39, 0.29) is 23.4 Å². The van der Waals surface area contributed by atoms with Crippen LogP contribution in [-0.4, -0.2) is 45.6 Å². The number of nitrogens with zero attached hydrogens (tertiary/aromatic N) is 5. The van der Waals surface area contributed by atoms with Crippen molar-refractivity contribution in [2.75, 3.05) is 31.1 Å². The Hall–Kier alpha value is -4.18. The molecule has 36 heavy (non-hydrogen) atoms. The van der Waals surface area contributed by atoms with Crippen LogP contribution in [0.25, 0.3) is 11.0 Å². The minimum absolute atomic E-state index is 0.259. The molecule has 10 heteroatoms. The summed E-state index contributed by atoms with van der Waals surface area (Å²) >= 11 is 0. The Balaban J connectivity index is 1.51. The van der Waals surface area contributed by atoms with Crippen LogP contribution in [0.2, 0.25) is 0 Å². The summed E-state index contributed by atoms with van der Waals surface area (Å²) in [7, 11) is 1.47. The first-order chi connectivity index (χ1) is 17.3. The fourth-order valence-electron chi connectivity index (χ4n) is 4.93. The predicted molar refractivity (Wildman–Crippen MR) is 132 cm³/mol. The first kappa shape index (κ1) is 23.6. The molecule has 0 atom stereocenters. The third-order valence-electron chi connectivity index (χ3n) is 6.64. The van der Waals surface area contributed by atoms with Gasteiger partial charge in [-0.3, -0.25) is 24.4 Å². The van der Waals surface area contributed by atoms with Gasteiger partial charge >= 0.3 is 11.2 Å². The molecule has 0 radical (unpaired) electrons. The monoisotopic (exact) mass is 491 g/mol. The molecule has 4 aromatic rings. The van der Waals surface area contributed by atoms with E-state index in [1.165, 1.54) is 35.9 Å². The molecule has 1 aliphatic rings. The lowest BCUT2D eigenvalue weighted by Crippen LogP contribution is -2.48. The van der Waals surface area contributed by atoms with Crippen molar-refractivity contribution in [3.05, 3.63) is 110 Å². The molecule has 8 nitrogen and oxygen atoms in total. The van der Waals surface area contributed by atoms with Crippen LogP contribution in [0, 0.1) is 21.7 Å². The molecule has 1 fully saturated rings. The number of pyridine rings is 2. The van der Waals surface area contributed by atoms with Crippen molar-refractivity contribution in [1.29, 1.82) is 0 Å². The zero-order valence-electron chi connectivity index (χ0n) is 19.5. The molecule has 1 aliphatic heterocycles. The van der Waals surface area contributed by atoms with Gasteiger partial charge in [-0.1, -0.05) is 24.3 Å². The van der Waals surface area contributed by atoms with E-state index in [1.807, 2.05) is 4.90 Å². The van der Waals surface area contributed by atoms with E-state index < -0.39 is 16.2 Å². The van der Waals surface area contributed by atoms with E-state index in [4.69, 9.17) is 0 Å². The van der Waals surface area contributed by atoms with Crippen molar-refractivity contribution >= 4 is 22.4 Å². The highest BCUT2D eigenvalue weighted by atomic mass is 19.1. The van der Waals surface area contributed by atoms with Crippen LogP contribution in [0.15, 0.2) is 71.7 Å². The fraction of sp³-hybridized carbons (Fsp3) is 0.231. The lowest BCUT2D eigenvalue weighted by atomic mass is 9.96. The third kappa shape index (κ3) is 4.20. The molecule has 0 amide bonds. The minimum Gasteiger partial charge on any atom is -0.363 e. The second-order valence-corrected chi connectivity index (χ2v) is 8.72. The Kier molecular flexibility index (Phi) is 6.19. The maximum atomic E-state index is 13.6. The van der Waals surface area contributed by atoms with Crippen LogP contribution >= 0.6 is 0 Å². The average molecular weight is 491 g/mol. The zero-order valence-corrected chi connectivity index (χ0v) is 19.5. The summed E-state index contributed by atoms with van der Waals surface area (Å²) in [6, 6.07) is 15.6. The van der Waals surface area contributed by atoms with Gasteiger partial charge in [0.2, 0.25) is 0 Å². The van der Waals surface area contributed by atoms with Crippen LogP contribution in [0.3, 0.4) is 0 Å². The van der Waals surface area contributed by atoms with Crippen molar-refractivity contribution in [1.82, 2.24) is 14.5 Å². The topological polar surface area (TPSA) is 84.5 Å².